The molecule has 2 atom stereocenters. The molecule has 1 aliphatic heterocycles. The minimum absolute atomic E-state index is 0.491. The van der Waals surface area contributed by atoms with E-state index in [1.54, 1.807) is 0 Å². The van der Waals surface area contributed by atoms with Gasteiger partial charge >= 0.3 is 0 Å². The van der Waals surface area contributed by atoms with Crippen LogP contribution in [0.5, 0.6) is 0 Å². The van der Waals surface area contributed by atoms with Crippen molar-refractivity contribution in [2.24, 2.45) is 5.92 Å². The highest BCUT2D eigenvalue weighted by Crippen LogP contribution is 2.36. The zero-order valence-corrected chi connectivity index (χ0v) is 26.9. The number of aryl methyl sites for hydroxylation is 2. The first-order valence-electron chi connectivity index (χ1n) is 16.4. The summed E-state index contributed by atoms with van der Waals surface area (Å²) in [7, 11) is 4.33. The Morgan fingerprint density at radius 1 is 0.976 bits per heavy atom. The lowest BCUT2D eigenvalue weighted by Crippen LogP contribution is -2.47. The third-order valence-electron chi connectivity index (χ3n) is 9.72. The van der Waals surface area contributed by atoms with Crippen LogP contribution in [-0.4, -0.2) is 78.7 Å². The molecular weight excluding hydrogens is 518 g/mol. The number of likely N-dealkylation sites (N-methyl/N-ethyl adjacent to an activating group) is 2. The lowest BCUT2D eigenvalue weighted by atomic mass is 9.96. The van der Waals surface area contributed by atoms with Crippen molar-refractivity contribution in [1.29, 1.82) is 0 Å². The summed E-state index contributed by atoms with van der Waals surface area (Å²) < 4.78 is 0. The smallest absolute Gasteiger partial charge is 0.132 e. The Morgan fingerprint density at radius 3 is 2.38 bits per heavy atom. The highest BCUT2D eigenvalue weighted by atomic mass is 15.2. The van der Waals surface area contributed by atoms with Crippen LogP contribution < -0.4 is 16.0 Å². The van der Waals surface area contributed by atoms with E-state index in [2.05, 4.69) is 91.1 Å². The zero-order chi connectivity index (χ0) is 29.8. The molecular formula is C35H53N7. The average molecular weight is 572 g/mol. The number of pyridine rings is 2. The minimum atomic E-state index is 0.491. The van der Waals surface area contributed by atoms with E-state index < -0.39 is 0 Å². The normalized spacial score (nSPS) is 19.9. The number of nitrogens with two attached hydrogens (primary N) is 1. The molecule has 2 aliphatic rings. The Morgan fingerprint density at radius 2 is 1.74 bits per heavy atom. The molecule has 0 amide bonds. The largest absolute Gasteiger partial charge is 0.383 e. The van der Waals surface area contributed by atoms with Gasteiger partial charge in [0.05, 0.1) is 5.52 Å². The number of hydrogen-bond donors (Lipinski definition) is 2. The zero-order valence-electron chi connectivity index (χ0n) is 26.9. The molecule has 2 unspecified atom stereocenters. The Labute approximate surface area is 253 Å². The van der Waals surface area contributed by atoms with E-state index >= 15 is 0 Å². The van der Waals surface area contributed by atoms with Crippen molar-refractivity contribution in [3.8, 4) is 11.1 Å². The van der Waals surface area contributed by atoms with Gasteiger partial charge in [0.2, 0.25) is 0 Å². The van der Waals surface area contributed by atoms with Gasteiger partial charge in [-0.2, -0.15) is 0 Å². The lowest BCUT2D eigenvalue weighted by molar-refractivity contribution is 0.162. The van der Waals surface area contributed by atoms with Gasteiger partial charge in [0.25, 0.3) is 0 Å². The maximum absolute atomic E-state index is 6.43. The average Bonchev–Trinajstić information content (AvgIpc) is 3.41. The molecule has 3 N–H and O–H groups in total. The Hall–Kier alpha value is -2.90. The van der Waals surface area contributed by atoms with E-state index in [1.165, 1.54) is 54.5 Å². The first-order valence-corrected chi connectivity index (χ1v) is 16.4. The molecule has 0 spiro atoms. The summed E-state index contributed by atoms with van der Waals surface area (Å²) in [5, 5.41) is 4.75. The van der Waals surface area contributed by atoms with Crippen molar-refractivity contribution in [2.45, 2.75) is 84.7 Å². The molecule has 7 heteroatoms. The van der Waals surface area contributed by atoms with Crippen LogP contribution in [0.25, 0.3) is 22.0 Å². The summed E-state index contributed by atoms with van der Waals surface area (Å²) in [6, 6.07) is 10.4. The van der Waals surface area contributed by atoms with Crippen LogP contribution >= 0.6 is 0 Å². The highest BCUT2D eigenvalue weighted by Gasteiger charge is 2.26. The maximum atomic E-state index is 6.43. The fraction of sp³-hybridized carbons (Fsp3) is 0.600. The van der Waals surface area contributed by atoms with Crippen LogP contribution in [-0.2, 0) is 12.8 Å². The van der Waals surface area contributed by atoms with Crippen molar-refractivity contribution >= 4 is 28.2 Å². The number of rotatable bonds is 11. The molecule has 2 fully saturated rings. The number of aromatic nitrogens is 2. The molecule has 7 nitrogen and oxygen atoms in total. The maximum Gasteiger partial charge on any atom is 0.132 e. The van der Waals surface area contributed by atoms with Gasteiger partial charge in [-0.3, -0.25) is 4.90 Å². The molecule has 1 saturated carbocycles. The van der Waals surface area contributed by atoms with Crippen LogP contribution in [0.2, 0.25) is 0 Å². The number of nitrogen functional groups attached to an aromatic ring is 1. The van der Waals surface area contributed by atoms with E-state index in [4.69, 9.17) is 10.7 Å². The van der Waals surface area contributed by atoms with Gasteiger partial charge in [0.15, 0.2) is 0 Å². The quantitative estimate of drug-likeness (QED) is 0.274. The minimum Gasteiger partial charge on any atom is -0.383 e. The molecule has 5 rings (SSSR count). The van der Waals surface area contributed by atoms with Gasteiger partial charge < -0.3 is 20.9 Å². The van der Waals surface area contributed by atoms with E-state index in [0.29, 0.717) is 17.9 Å². The van der Waals surface area contributed by atoms with Gasteiger partial charge in [-0.25, -0.2) is 9.97 Å². The van der Waals surface area contributed by atoms with E-state index in [0.717, 1.165) is 73.8 Å². The number of benzene rings is 1. The molecule has 2 aromatic heterocycles. The fourth-order valence-electron chi connectivity index (χ4n) is 7.10. The molecule has 42 heavy (non-hydrogen) atoms. The lowest BCUT2D eigenvalue weighted by Gasteiger charge is -2.40. The van der Waals surface area contributed by atoms with E-state index in [-0.39, 0.29) is 0 Å². The standard InChI is InChI=1S/C35H53N7/c1-7-25-21-27(11-13-32(25)42-16-14-29(15-17-42)41(9-3)19-18-40(5)6)31-23-37-34(36)30-22-26(8-2)35(39-33(30)31)38-28-12-10-24(4)20-28/h11,13,21-24,28-29H,7-10,12,14-20H2,1-6H3,(H2,36,37)(H,38,39). The monoisotopic (exact) mass is 571 g/mol. The molecule has 3 aromatic rings. The van der Waals surface area contributed by atoms with Crippen LogP contribution in [0.15, 0.2) is 30.5 Å². The Kier molecular flexibility index (Phi) is 9.89. The molecule has 228 valence electrons. The van der Waals surface area contributed by atoms with Crippen LogP contribution in [0, 0.1) is 5.92 Å². The van der Waals surface area contributed by atoms with Crippen molar-refractivity contribution in [1.82, 2.24) is 19.8 Å². The Bertz CT molecular complexity index is 1340. The molecule has 1 saturated heterocycles. The van der Waals surface area contributed by atoms with Crippen molar-refractivity contribution in [2.75, 3.05) is 62.8 Å². The number of anilines is 3. The summed E-state index contributed by atoms with van der Waals surface area (Å²) in [6.45, 7) is 14.7. The summed E-state index contributed by atoms with van der Waals surface area (Å²) >= 11 is 0. The highest BCUT2D eigenvalue weighted by molar-refractivity contribution is 6.00. The van der Waals surface area contributed by atoms with E-state index in [9.17, 15) is 0 Å². The summed E-state index contributed by atoms with van der Waals surface area (Å²) in [4.78, 5) is 17.4. The van der Waals surface area contributed by atoms with Crippen LogP contribution in [0.4, 0.5) is 17.3 Å². The second-order valence-electron chi connectivity index (χ2n) is 12.9. The third kappa shape index (κ3) is 6.68. The van der Waals surface area contributed by atoms with Gasteiger partial charge in [-0.05, 0) is 106 Å². The first kappa shape index (κ1) is 30.6. The molecule has 3 heterocycles. The Balaban J connectivity index is 1.40. The van der Waals surface area contributed by atoms with Crippen LogP contribution in [0.3, 0.4) is 0 Å². The van der Waals surface area contributed by atoms with Gasteiger partial charge in [-0.15, -0.1) is 0 Å². The molecule has 0 radical (unpaired) electrons. The molecule has 1 aliphatic carbocycles. The first-order chi connectivity index (χ1) is 20.3. The second-order valence-corrected chi connectivity index (χ2v) is 12.9. The van der Waals surface area contributed by atoms with Gasteiger partial charge in [0.1, 0.15) is 11.6 Å². The fourth-order valence-corrected chi connectivity index (χ4v) is 7.10. The number of hydrogen-bond acceptors (Lipinski definition) is 7. The summed E-state index contributed by atoms with van der Waals surface area (Å²) in [5.74, 6) is 2.34. The number of fused-ring (bicyclic) bond motifs is 1. The number of nitrogens with one attached hydrogen (secondary N) is 1. The summed E-state index contributed by atoms with van der Waals surface area (Å²) in [5.41, 5.74) is 13.6. The van der Waals surface area contributed by atoms with Crippen molar-refractivity contribution < 1.29 is 0 Å². The summed E-state index contributed by atoms with van der Waals surface area (Å²) in [6.07, 6.45) is 9.97. The van der Waals surface area contributed by atoms with Gasteiger partial charge in [0, 0.05) is 61.1 Å². The molecule has 0 bridgehead atoms. The van der Waals surface area contributed by atoms with E-state index in [1.807, 2.05) is 6.20 Å². The predicted octanol–water partition coefficient (Wildman–Crippen LogP) is 6.46. The topological polar surface area (TPSA) is 73.5 Å². The predicted molar refractivity (Wildman–Crippen MR) is 180 cm³/mol. The number of piperidine rings is 1. The van der Waals surface area contributed by atoms with Crippen molar-refractivity contribution in [3.05, 3.63) is 41.6 Å². The second kappa shape index (κ2) is 13.6. The number of nitrogens with zero attached hydrogens (tertiary/aromatic N) is 5. The van der Waals surface area contributed by atoms with Crippen LogP contribution in [0.1, 0.15) is 70.9 Å². The molecule has 1 aromatic carbocycles. The van der Waals surface area contributed by atoms with Crippen molar-refractivity contribution in [3.63, 3.8) is 0 Å². The van der Waals surface area contributed by atoms with Gasteiger partial charge in [-0.1, -0.05) is 33.8 Å². The SMILES string of the molecule is CCc1cc(-c2cnc(N)c3cc(CC)c(NC4CCC(C)C4)nc23)ccc1N1CCC(N(CC)CCN(C)C)CC1. The third-order valence-corrected chi connectivity index (χ3v) is 9.72.